The fourth-order valence-electron chi connectivity index (χ4n) is 3.98. The largest absolute Gasteiger partial charge is 0.298 e. The molecule has 1 aromatic heterocycles. The van der Waals surface area contributed by atoms with Gasteiger partial charge in [0.2, 0.25) is 10.0 Å². The van der Waals surface area contributed by atoms with Gasteiger partial charge in [-0.25, -0.2) is 13.4 Å². The molecule has 0 bridgehead atoms. The van der Waals surface area contributed by atoms with Gasteiger partial charge in [0, 0.05) is 18.7 Å². The fourth-order valence-corrected chi connectivity index (χ4v) is 6.62. The number of fused-ring (bicyclic) bond motifs is 1. The van der Waals surface area contributed by atoms with Gasteiger partial charge in [-0.2, -0.15) is 4.31 Å². The average Bonchev–Trinajstić information content (AvgIpc) is 3.08. The van der Waals surface area contributed by atoms with E-state index in [0.29, 0.717) is 35.6 Å². The highest BCUT2D eigenvalue weighted by Crippen LogP contribution is 2.28. The molecular formula is C22H25N3O3S2. The summed E-state index contributed by atoms with van der Waals surface area (Å²) in [5.41, 5.74) is 2.37. The Morgan fingerprint density at radius 1 is 1.10 bits per heavy atom. The first kappa shape index (κ1) is 21.0. The van der Waals surface area contributed by atoms with E-state index >= 15 is 0 Å². The summed E-state index contributed by atoms with van der Waals surface area (Å²) >= 11 is 1.42. The van der Waals surface area contributed by atoms with E-state index in [-0.39, 0.29) is 10.8 Å². The summed E-state index contributed by atoms with van der Waals surface area (Å²) in [5.74, 6) is 0.368. The number of thiazole rings is 1. The minimum atomic E-state index is -3.56. The molecule has 2 aromatic carbocycles. The Morgan fingerprint density at radius 2 is 1.77 bits per heavy atom. The number of nitrogens with zero attached hydrogens (tertiary/aromatic N) is 2. The van der Waals surface area contributed by atoms with Gasteiger partial charge >= 0.3 is 0 Å². The fraction of sp³-hybridized carbons (Fsp3) is 0.364. The number of piperidine rings is 1. The van der Waals surface area contributed by atoms with E-state index in [1.54, 1.807) is 16.4 Å². The molecule has 6 nitrogen and oxygen atoms in total. The highest BCUT2D eigenvalue weighted by atomic mass is 32.2. The van der Waals surface area contributed by atoms with Crippen LogP contribution in [-0.4, -0.2) is 36.7 Å². The van der Waals surface area contributed by atoms with Gasteiger partial charge in [-0.3, -0.25) is 10.1 Å². The molecule has 8 heteroatoms. The van der Waals surface area contributed by atoms with E-state index in [1.165, 1.54) is 23.5 Å². The van der Waals surface area contributed by atoms with Crippen molar-refractivity contribution in [2.24, 2.45) is 11.8 Å². The van der Waals surface area contributed by atoms with Crippen molar-refractivity contribution in [1.29, 1.82) is 0 Å². The van der Waals surface area contributed by atoms with Gasteiger partial charge in [-0.1, -0.05) is 31.3 Å². The van der Waals surface area contributed by atoms with Crippen LogP contribution >= 0.6 is 11.3 Å². The van der Waals surface area contributed by atoms with Crippen LogP contribution in [0.1, 0.15) is 36.2 Å². The van der Waals surface area contributed by atoms with Crippen LogP contribution in [0.3, 0.4) is 0 Å². The molecule has 0 aliphatic carbocycles. The van der Waals surface area contributed by atoms with E-state index < -0.39 is 10.0 Å². The van der Waals surface area contributed by atoms with Crippen LogP contribution in [-0.2, 0) is 10.0 Å². The number of nitrogens with one attached hydrogen (secondary N) is 1. The van der Waals surface area contributed by atoms with E-state index in [9.17, 15) is 13.2 Å². The quantitative estimate of drug-likeness (QED) is 0.643. The Kier molecular flexibility index (Phi) is 5.65. The van der Waals surface area contributed by atoms with Crippen LogP contribution in [0, 0.1) is 18.8 Å². The van der Waals surface area contributed by atoms with Crippen LogP contribution in [0.5, 0.6) is 0 Å². The van der Waals surface area contributed by atoms with Crippen LogP contribution < -0.4 is 5.32 Å². The number of aryl methyl sites for hydroxylation is 1. The van der Waals surface area contributed by atoms with Crippen molar-refractivity contribution in [3.05, 3.63) is 53.6 Å². The molecule has 158 valence electrons. The van der Waals surface area contributed by atoms with Crippen LogP contribution in [0.25, 0.3) is 10.2 Å². The Bertz CT molecular complexity index is 1180. The lowest BCUT2D eigenvalue weighted by Crippen LogP contribution is -2.42. The maximum absolute atomic E-state index is 13.0. The highest BCUT2D eigenvalue weighted by Gasteiger charge is 2.31. The van der Waals surface area contributed by atoms with Crippen LogP contribution in [0.2, 0.25) is 0 Å². The Hall–Kier alpha value is -2.29. The Labute approximate surface area is 181 Å². The highest BCUT2D eigenvalue weighted by molar-refractivity contribution is 7.89. The number of amides is 1. The molecule has 0 radical (unpaired) electrons. The second-order valence-corrected chi connectivity index (χ2v) is 11.2. The smallest absolute Gasteiger partial charge is 0.257 e. The molecule has 3 aromatic rings. The number of hydrogen-bond acceptors (Lipinski definition) is 5. The number of hydrogen-bond donors (Lipinski definition) is 1. The molecule has 0 spiro atoms. The average molecular weight is 444 g/mol. The molecule has 1 saturated heterocycles. The molecule has 30 heavy (non-hydrogen) atoms. The third-order valence-electron chi connectivity index (χ3n) is 5.35. The summed E-state index contributed by atoms with van der Waals surface area (Å²) in [4.78, 5) is 17.3. The first-order valence-corrected chi connectivity index (χ1v) is 12.3. The molecular weight excluding hydrogens is 418 g/mol. The molecule has 2 atom stereocenters. The molecule has 0 unspecified atom stereocenters. The van der Waals surface area contributed by atoms with Gasteiger partial charge in [0.1, 0.15) is 0 Å². The first-order chi connectivity index (χ1) is 14.2. The van der Waals surface area contributed by atoms with E-state index in [4.69, 9.17) is 0 Å². The molecule has 1 fully saturated rings. The lowest BCUT2D eigenvalue weighted by Gasteiger charge is -2.34. The Balaban J connectivity index is 1.50. The van der Waals surface area contributed by atoms with Crippen LogP contribution in [0.15, 0.2) is 47.4 Å². The topological polar surface area (TPSA) is 79.4 Å². The molecule has 1 amide bonds. The minimum Gasteiger partial charge on any atom is -0.298 e. The lowest BCUT2D eigenvalue weighted by atomic mass is 9.94. The maximum atomic E-state index is 13.0. The van der Waals surface area contributed by atoms with Crippen molar-refractivity contribution in [3.63, 3.8) is 0 Å². The van der Waals surface area contributed by atoms with Gasteiger partial charge in [0.25, 0.3) is 5.91 Å². The molecule has 2 heterocycles. The first-order valence-electron chi connectivity index (χ1n) is 10.0. The summed E-state index contributed by atoms with van der Waals surface area (Å²) in [7, 11) is -3.56. The van der Waals surface area contributed by atoms with Gasteiger partial charge in [-0.05, 0) is 67.1 Å². The second kappa shape index (κ2) is 8.09. The minimum absolute atomic E-state index is 0.218. The van der Waals surface area contributed by atoms with E-state index in [2.05, 4.69) is 24.1 Å². The third-order valence-corrected chi connectivity index (χ3v) is 8.13. The predicted molar refractivity (Wildman–Crippen MR) is 120 cm³/mol. The van der Waals surface area contributed by atoms with Crippen molar-refractivity contribution >= 4 is 42.6 Å². The van der Waals surface area contributed by atoms with Crippen LogP contribution in [0.4, 0.5) is 5.13 Å². The molecule has 1 aliphatic rings. The zero-order chi connectivity index (χ0) is 21.5. The number of aromatic nitrogens is 1. The number of rotatable bonds is 4. The molecule has 0 saturated carbocycles. The van der Waals surface area contributed by atoms with Gasteiger partial charge < -0.3 is 0 Å². The number of sulfonamides is 1. The number of benzene rings is 2. The zero-order valence-corrected chi connectivity index (χ0v) is 18.9. The van der Waals surface area contributed by atoms with Gasteiger partial charge in [0.05, 0.1) is 15.1 Å². The third kappa shape index (κ3) is 4.26. The number of carbonyl (C=O) groups is 1. The summed E-state index contributed by atoms with van der Waals surface area (Å²) in [6.45, 7) is 7.24. The summed E-state index contributed by atoms with van der Waals surface area (Å²) in [5, 5.41) is 3.33. The van der Waals surface area contributed by atoms with E-state index in [0.717, 1.165) is 22.2 Å². The summed E-state index contributed by atoms with van der Waals surface area (Å²) in [6, 6.07) is 12.1. The predicted octanol–water partition coefficient (Wildman–Crippen LogP) is 4.52. The SMILES string of the molecule is Cc1ccc2nc(NC(=O)c3ccc(S(=O)(=O)N4C[C@@H](C)C[C@H](C)C4)cc3)sc2c1. The Morgan fingerprint density at radius 3 is 2.43 bits per heavy atom. The van der Waals surface area contributed by atoms with Crippen molar-refractivity contribution < 1.29 is 13.2 Å². The zero-order valence-electron chi connectivity index (χ0n) is 17.3. The van der Waals surface area contributed by atoms with Crippen molar-refractivity contribution in [1.82, 2.24) is 9.29 Å². The standard InChI is InChI=1S/C22H25N3O3S2/c1-14-4-9-19-20(11-14)29-22(23-19)24-21(26)17-5-7-18(8-6-17)30(27,28)25-12-15(2)10-16(3)13-25/h4-9,11,15-16H,10,12-13H2,1-3H3,(H,23,24,26)/t15-,16-/m0/s1. The summed E-state index contributed by atoms with van der Waals surface area (Å²) in [6.07, 6.45) is 1.04. The summed E-state index contributed by atoms with van der Waals surface area (Å²) < 4.78 is 28.6. The van der Waals surface area contributed by atoms with Gasteiger partial charge in [0.15, 0.2) is 5.13 Å². The lowest BCUT2D eigenvalue weighted by molar-refractivity contribution is 0.102. The van der Waals surface area contributed by atoms with Crippen molar-refractivity contribution in [3.8, 4) is 0 Å². The van der Waals surface area contributed by atoms with E-state index in [1.807, 2.05) is 25.1 Å². The van der Waals surface area contributed by atoms with Gasteiger partial charge in [-0.15, -0.1) is 0 Å². The monoisotopic (exact) mass is 443 g/mol. The normalized spacial score (nSPS) is 20.4. The number of anilines is 1. The van der Waals surface area contributed by atoms with Crippen molar-refractivity contribution in [2.75, 3.05) is 18.4 Å². The number of carbonyl (C=O) groups excluding carboxylic acids is 1. The molecule has 4 rings (SSSR count). The maximum Gasteiger partial charge on any atom is 0.257 e. The van der Waals surface area contributed by atoms with Crippen molar-refractivity contribution in [2.45, 2.75) is 32.1 Å². The molecule has 1 N–H and O–H groups in total. The second-order valence-electron chi connectivity index (χ2n) is 8.24. The molecule has 1 aliphatic heterocycles.